The molecule has 2 aromatic carbocycles. The summed E-state index contributed by atoms with van der Waals surface area (Å²) in [4.78, 5) is 14.8. The number of rotatable bonds is 4. The van der Waals surface area contributed by atoms with Crippen LogP contribution in [-0.4, -0.2) is 30.7 Å². The first kappa shape index (κ1) is 17.8. The summed E-state index contributed by atoms with van der Waals surface area (Å²) in [7, 11) is 2.99. The van der Waals surface area contributed by atoms with E-state index in [1.54, 1.807) is 6.07 Å². The molecule has 4 rings (SSSR count). The summed E-state index contributed by atoms with van der Waals surface area (Å²) in [5.74, 6) is 0.801. The number of benzene rings is 2. The van der Waals surface area contributed by atoms with Crippen LogP contribution >= 0.6 is 15.9 Å². The molecule has 8 heteroatoms. The SMILES string of the molecule is COc1cc(C2NCCc3c2[nH]c2ccc(Br)cc32)c([N+](=O)[O-])cc1OC. The number of halogens is 1. The number of nitrogens with zero attached hydrogens (tertiary/aromatic N) is 1. The van der Waals surface area contributed by atoms with Gasteiger partial charge in [0.25, 0.3) is 5.69 Å². The van der Waals surface area contributed by atoms with E-state index < -0.39 is 0 Å². The number of nitro groups is 1. The van der Waals surface area contributed by atoms with E-state index >= 15 is 0 Å². The highest BCUT2D eigenvalue weighted by molar-refractivity contribution is 9.10. The lowest BCUT2D eigenvalue weighted by molar-refractivity contribution is -0.385. The Morgan fingerprint density at radius 1 is 1.19 bits per heavy atom. The average Bonchev–Trinajstić information content (AvgIpc) is 3.04. The summed E-state index contributed by atoms with van der Waals surface area (Å²) >= 11 is 3.52. The molecular weight excluding hydrogens is 414 g/mol. The molecule has 0 spiro atoms. The van der Waals surface area contributed by atoms with Crippen LogP contribution in [0.1, 0.15) is 22.9 Å². The zero-order chi connectivity index (χ0) is 19.1. The molecule has 0 amide bonds. The van der Waals surface area contributed by atoms with Gasteiger partial charge in [0.2, 0.25) is 0 Å². The van der Waals surface area contributed by atoms with Crippen molar-refractivity contribution in [3.63, 3.8) is 0 Å². The number of hydrogen-bond donors (Lipinski definition) is 2. The zero-order valence-corrected chi connectivity index (χ0v) is 16.4. The number of ether oxygens (including phenoxy) is 2. The lowest BCUT2D eigenvalue weighted by Gasteiger charge is -2.25. The standard InChI is InChI=1S/C19H18BrN3O4/c1-26-16-8-13(15(23(24)25)9-17(16)27-2)18-19-11(5-6-21-18)12-7-10(20)3-4-14(12)22-19/h3-4,7-9,18,21-22H,5-6H2,1-2H3. The van der Waals surface area contributed by atoms with Crippen LogP contribution in [0.5, 0.6) is 11.5 Å². The second kappa shape index (κ2) is 6.86. The van der Waals surface area contributed by atoms with Crippen LogP contribution in [0.15, 0.2) is 34.8 Å². The van der Waals surface area contributed by atoms with Gasteiger partial charge in [-0.3, -0.25) is 10.1 Å². The molecule has 0 radical (unpaired) electrons. The van der Waals surface area contributed by atoms with Crippen molar-refractivity contribution in [2.75, 3.05) is 20.8 Å². The number of H-pyrrole nitrogens is 1. The monoisotopic (exact) mass is 431 g/mol. The summed E-state index contributed by atoms with van der Waals surface area (Å²) in [6, 6.07) is 8.84. The van der Waals surface area contributed by atoms with Crippen LogP contribution in [0.2, 0.25) is 0 Å². The Kier molecular flexibility index (Phi) is 4.53. The van der Waals surface area contributed by atoms with Crippen molar-refractivity contribution in [3.8, 4) is 11.5 Å². The van der Waals surface area contributed by atoms with Crippen molar-refractivity contribution < 1.29 is 14.4 Å². The summed E-state index contributed by atoms with van der Waals surface area (Å²) in [6.07, 6.45) is 0.851. The van der Waals surface area contributed by atoms with E-state index in [2.05, 4.69) is 32.3 Å². The van der Waals surface area contributed by atoms with E-state index in [1.165, 1.54) is 25.8 Å². The quantitative estimate of drug-likeness (QED) is 0.479. The molecule has 7 nitrogen and oxygen atoms in total. The van der Waals surface area contributed by atoms with E-state index in [0.717, 1.165) is 34.0 Å². The van der Waals surface area contributed by atoms with E-state index in [9.17, 15) is 10.1 Å². The fourth-order valence-electron chi connectivity index (χ4n) is 3.74. The van der Waals surface area contributed by atoms with Crippen molar-refractivity contribution in [1.29, 1.82) is 0 Å². The molecule has 0 saturated heterocycles. The summed E-state index contributed by atoms with van der Waals surface area (Å²) in [6.45, 7) is 0.725. The van der Waals surface area contributed by atoms with Crippen molar-refractivity contribution in [1.82, 2.24) is 10.3 Å². The van der Waals surface area contributed by atoms with Gasteiger partial charge in [-0.25, -0.2) is 0 Å². The minimum Gasteiger partial charge on any atom is -0.493 e. The second-order valence-corrected chi connectivity index (χ2v) is 7.28. The predicted octanol–water partition coefficient (Wildman–Crippen LogP) is 4.09. The number of fused-ring (bicyclic) bond motifs is 3. The third-order valence-electron chi connectivity index (χ3n) is 4.95. The largest absolute Gasteiger partial charge is 0.493 e. The maximum atomic E-state index is 11.7. The highest BCUT2D eigenvalue weighted by Gasteiger charge is 2.32. The van der Waals surface area contributed by atoms with Crippen molar-refractivity contribution >= 4 is 32.5 Å². The van der Waals surface area contributed by atoms with Gasteiger partial charge in [-0.15, -0.1) is 0 Å². The third kappa shape index (κ3) is 2.94. The minimum absolute atomic E-state index is 0.00200. The normalized spacial score (nSPS) is 16.2. The maximum absolute atomic E-state index is 11.7. The lowest BCUT2D eigenvalue weighted by atomic mass is 9.93. The van der Waals surface area contributed by atoms with Crippen LogP contribution in [0, 0.1) is 10.1 Å². The first-order valence-electron chi connectivity index (χ1n) is 8.47. The third-order valence-corrected chi connectivity index (χ3v) is 5.45. The van der Waals surface area contributed by atoms with Gasteiger partial charge in [-0.1, -0.05) is 15.9 Å². The van der Waals surface area contributed by atoms with Gasteiger partial charge in [0.1, 0.15) is 0 Å². The van der Waals surface area contributed by atoms with Crippen LogP contribution < -0.4 is 14.8 Å². The zero-order valence-electron chi connectivity index (χ0n) is 14.8. The van der Waals surface area contributed by atoms with Crippen LogP contribution in [0.3, 0.4) is 0 Å². The molecule has 1 atom stereocenters. The number of hydrogen-bond acceptors (Lipinski definition) is 5. The average molecular weight is 432 g/mol. The highest BCUT2D eigenvalue weighted by atomic mass is 79.9. The van der Waals surface area contributed by atoms with Gasteiger partial charge >= 0.3 is 0 Å². The highest BCUT2D eigenvalue weighted by Crippen LogP contribution is 2.42. The molecular formula is C19H18BrN3O4. The fourth-order valence-corrected chi connectivity index (χ4v) is 4.10. The molecule has 0 bridgehead atoms. The van der Waals surface area contributed by atoms with Gasteiger partial charge in [0.15, 0.2) is 11.5 Å². The Morgan fingerprint density at radius 3 is 2.63 bits per heavy atom. The Balaban J connectivity index is 1.93. The van der Waals surface area contributed by atoms with Gasteiger partial charge in [0.05, 0.1) is 36.8 Å². The van der Waals surface area contributed by atoms with E-state index in [4.69, 9.17) is 9.47 Å². The molecule has 1 unspecified atom stereocenters. The van der Waals surface area contributed by atoms with Gasteiger partial charge in [-0.05, 0) is 36.2 Å². The summed E-state index contributed by atoms with van der Waals surface area (Å²) < 4.78 is 11.6. The van der Waals surface area contributed by atoms with Gasteiger partial charge in [0, 0.05) is 27.6 Å². The predicted molar refractivity (Wildman–Crippen MR) is 106 cm³/mol. The fraction of sp³-hybridized carbons (Fsp3) is 0.263. The molecule has 2 heterocycles. The molecule has 3 aromatic rings. The summed E-state index contributed by atoms with van der Waals surface area (Å²) in [5.41, 5.74) is 3.69. The molecule has 2 N–H and O–H groups in total. The second-order valence-electron chi connectivity index (χ2n) is 6.37. The van der Waals surface area contributed by atoms with Crippen LogP contribution in [-0.2, 0) is 6.42 Å². The first-order valence-corrected chi connectivity index (χ1v) is 9.26. The Morgan fingerprint density at radius 2 is 1.93 bits per heavy atom. The Labute approximate surface area is 163 Å². The topological polar surface area (TPSA) is 89.4 Å². The molecule has 0 saturated carbocycles. The number of nitro benzene ring substituents is 1. The number of aromatic amines is 1. The molecule has 1 aliphatic heterocycles. The van der Waals surface area contributed by atoms with Crippen molar-refractivity contribution in [2.45, 2.75) is 12.5 Å². The van der Waals surface area contributed by atoms with Crippen LogP contribution in [0.4, 0.5) is 5.69 Å². The first-order chi connectivity index (χ1) is 13.0. The van der Waals surface area contributed by atoms with E-state index in [0.29, 0.717) is 17.1 Å². The van der Waals surface area contributed by atoms with Crippen LogP contribution in [0.25, 0.3) is 10.9 Å². The molecule has 0 fully saturated rings. The molecule has 27 heavy (non-hydrogen) atoms. The lowest BCUT2D eigenvalue weighted by Crippen LogP contribution is -2.31. The maximum Gasteiger partial charge on any atom is 0.278 e. The van der Waals surface area contributed by atoms with Gasteiger partial charge in [-0.2, -0.15) is 0 Å². The molecule has 140 valence electrons. The number of nitrogens with one attached hydrogen (secondary N) is 2. The summed E-state index contributed by atoms with van der Waals surface area (Å²) in [5, 5.41) is 16.3. The molecule has 1 aromatic heterocycles. The van der Waals surface area contributed by atoms with Crippen molar-refractivity contribution in [3.05, 3.63) is 61.7 Å². The molecule has 1 aliphatic rings. The van der Waals surface area contributed by atoms with Gasteiger partial charge < -0.3 is 19.8 Å². The Bertz CT molecular complexity index is 1050. The number of methoxy groups -OCH3 is 2. The Hall–Kier alpha value is -2.58. The minimum atomic E-state index is -0.382. The smallest absolute Gasteiger partial charge is 0.278 e. The molecule has 0 aliphatic carbocycles. The van der Waals surface area contributed by atoms with E-state index in [-0.39, 0.29) is 16.7 Å². The number of aromatic nitrogens is 1. The van der Waals surface area contributed by atoms with Crippen molar-refractivity contribution in [2.24, 2.45) is 0 Å². The van der Waals surface area contributed by atoms with E-state index in [1.807, 2.05) is 12.1 Å².